The van der Waals surface area contributed by atoms with Gasteiger partial charge in [-0.05, 0) is 75.4 Å². The molecule has 3 heteroatoms. The lowest BCUT2D eigenvalue weighted by Gasteiger charge is -2.24. The third-order valence-electron chi connectivity index (χ3n) is 5.67. The van der Waals surface area contributed by atoms with E-state index in [2.05, 4.69) is 92.0 Å². The summed E-state index contributed by atoms with van der Waals surface area (Å²) < 4.78 is 2.38. The number of aryl methyl sites for hydroxylation is 3. The largest absolute Gasteiger partial charge is 0.321 e. The molecule has 0 unspecified atom stereocenters. The van der Waals surface area contributed by atoms with E-state index in [1.54, 1.807) is 0 Å². The van der Waals surface area contributed by atoms with Crippen molar-refractivity contribution in [3.63, 3.8) is 0 Å². The zero-order valence-corrected chi connectivity index (χ0v) is 19.2. The Morgan fingerprint density at radius 3 is 2.00 bits per heavy atom. The summed E-state index contributed by atoms with van der Waals surface area (Å²) in [5, 5.41) is 0. The number of hydrogen-bond acceptors (Lipinski definition) is 2. The molecular weight excluding hydrogens is 342 g/mol. The molecule has 150 valence electrons. The summed E-state index contributed by atoms with van der Waals surface area (Å²) in [6.45, 7) is 22.2. The minimum Gasteiger partial charge on any atom is -0.321 e. The van der Waals surface area contributed by atoms with Gasteiger partial charge >= 0.3 is 0 Å². The zero-order valence-electron chi connectivity index (χ0n) is 19.2. The number of pyridine rings is 1. The highest BCUT2D eigenvalue weighted by Gasteiger charge is 2.25. The summed E-state index contributed by atoms with van der Waals surface area (Å²) in [5.41, 5.74) is 9.66. The van der Waals surface area contributed by atoms with Gasteiger partial charge in [0.05, 0.1) is 11.0 Å². The molecule has 0 aliphatic carbocycles. The van der Waals surface area contributed by atoms with Gasteiger partial charge in [0.1, 0.15) is 5.82 Å². The van der Waals surface area contributed by atoms with Crippen LogP contribution in [-0.2, 0) is 5.41 Å². The molecule has 3 aromatic rings. The molecule has 1 aromatic carbocycles. The maximum Gasteiger partial charge on any atom is 0.143 e. The molecule has 28 heavy (non-hydrogen) atoms. The number of aromatic nitrogens is 3. The summed E-state index contributed by atoms with van der Waals surface area (Å²) in [6, 6.07) is 7.12. The van der Waals surface area contributed by atoms with E-state index in [0.29, 0.717) is 12.0 Å². The van der Waals surface area contributed by atoms with Crippen LogP contribution in [0, 0.1) is 20.8 Å². The monoisotopic (exact) mass is 377 g/mol. The highest BCUT2D eigenvalue weighted by atomic mass is 15.1. The van der Waals surface area contributed by atoms with Crippen LogP contribution in [0.1, 0.15) is 88.5 Å². The first-order valence-corrected chi connectivity index (χ1v) is 10.4. The zero-order chi connectivity index (χ0) is 21.0. The van der Waals surface area contributed by atoms with Crippen LogP contribution in [-0.4, -0.2) is 14.5 Å². The smallest absolute Gasteiger partial charge is 0.143 e. The van der Waals surface area contributed by atoms with Crippen molar-refractivity contribution in [2.75, 3.05) is 0 Å². The summed E-state index contributed by atoms with van der Waals surface area (Å²) in [6.07, 6.45) is 0. The van der Waals surface area contributed by atoms with Gasteiger partial charge in [0.15, 0.2) is 0 Å². The van der Waals surface area contributed by atoms with Gasteiger partial charge in [-0.3, -0.25) is 4.98 Å². The molecule has 0 saturated heterocycles. The Kier molecular flexibility index (Phi) is 5.16. The van der Waals surface area contributed by atoms with Crippen molar-refractivity contribution < 1.29 is 0 Å². The van der Waals surface area contributed by atoms with Crippen LogP contribution >= 0.6 is 0 Å². The van der Waals surface area contributed by atoms with Crippen LogP contribution in [0.25, 0.3) is 22.4 Å². The molecule has 0 amide bonds. The molecule has 2 heterocycles. The van der Waals surface area contributed by atoms with Gasteiger partial charge in [0, 0.05) is 28.4 Å². The van der Waals surface area contributed by atoms with Crippen molar-refractivity contribution in [3.8, 4) is 11.4 Å². The maximum absolute atomic E-state index is 5.12. The first-order valence-electron chi connectivity index (χ1n) is 10.4. The highest BCUT2D eigenvalue weighted by Crippen LogP contribution is 2.37. The van der Waals surface area contributed by atoms with E-state index in [1.807, 2.05) is 0 Å². The third-order valence-corrected chi connectivity index (χ3v) is 5.67. The molecule has 0 aliphatic heterocycles. The number of hydrogen-bond donors (Lipinski definition) is 0. The normalized spacial score (nSPS) is 12.6. The summed E-state index contributed by atoms with van der Waals surface area (Å²) >= 11 is 0. The molecule has 0 radical (unpaired) electrons. The molecule has 2 aromatic heterocycles. The number of nitrogens with zero attached hydrogens (tertiary/aromatic N) is 3. The lowest BCUT2D eigenvalue weighted by molar-refractivity contribution is 0.564. The van der Waals surface area contributed by atoms with E-state index < -0.39 is 0 Å². The van der Waals surface area contributed by atoms with Crippen LogP contribution in [0.4, 0.5) is 0 Å². The molecule has 0 saturated carbocycles. The predicted molar refractivity (Wildman–Crippen MR) is 120 cm³/mol. The average Bonchev–Trinajstić information content (AvgIpc) is 2.91. The quantitative estimate of drug-likeness (QED) is 0.491. The fourth-order valence-electron chi connectivity index (χ4n) is 3.88. The van der Waals surface area contributed by atoms with Gasteiger partial charge in [-0.25, -0.2) is 4.98 Å². The second-order valence-electron chi connectivity index (χ2n) is 9.79. The lowest BCUT2D eigenvalue weighted by Crippen LogP contribution is -2.16. The summed E-state index contributed by atoms with van der Waals surface area (Å²) in [7, 11) is 0. The van der Waals surface area contributed by atoms with E-state index in [9.17, 15) is 0 Å². The van der Waals surface area contributed by atoms with E-state index in [0.717, 1.165) is 22.7 Å². The number of rotatable bonds is 3. The fraction of sp³-hybridized carbons (Fsp3) is 0.520. The van der Waals surface area contributed by atoms with E-state index in [4.69, 9.17) is 9.97 Å². The van der Waals surface area contributed by atoms with Crippen molar-refractivity contribution in [1.82, 2.24) is 14.5 Å². The SMILES string of the molecule is Cc1cc2nc(-c3c(C(C)C)cc(C(C)(C)C)nc3C)n(C(C)C)c2cc1C. The second-order valence-corrected chi connectivity index (χ2v) is 9.79. The Balaban J connectivity index is 2.40. The first-order chi connectivity index (χ1) is 12.9. The average molecular weight is 378 g/mol. The molecule has 0 bridgehead atoms. The maximum atomic E-state index is 5.12. The van der Waals surface area contributed by atoms with Crippen molar-refractivity contribution in [2.24, 2.45) is 0 Å². The molecule has 0 N–H and O–H groups in total. The Morgan fingerprint density at radius 1 is 0.857 bits per heavy atom. The van der Waals surface area contributed by atoms with Crippen molar-refractivity contribution in [2.45, 2.75) is 86.6 Å². The number of imidazole rings is 1. The van der Waals surface area contributed by atoms with E-state index >= 15 is 0 Å². The molecule has 0 atom stereocenters. The Bertz CT molecular complexity index is 1030. The number of fused-ring (bicyclic) bond motifs is 1. The summed E-state index contributed by atoms with van der Waals surface area (Å²) in [4.78, 5) is 10.1. The van der Waals surface area contributed by atoms with Gasteiger partial charge in [-0.2, -0.15) is 0 Å². The minimum atomic E-state index is 0.0271. The standard InChI is InChI=1S/C25H35N3/c1-14(2)19-13-22(25(8,9)10)26-18(7)23(19)24-27-20-11-16(5)17(6)12-21(20)28(24)15(3)4/h11-15H,1-10H3. The lowest BCUT2D eigenvalue weighted by atomic mass is 9.86. The van der Waals surface area contributed by atoms with Crippen LogP contribution in [0.3, 0.4) is 0 Å². The highest BCUT2D eigenvalue weighted by molar-refractivity contribution is 5.83. The predicted octanol–water partition coefficient (Wildman–Crippen LogP) is 7.03. The number of benzene rings is 1. The third kappa shape index (κ3) is 3.47. The van der Waals surface area contributed by atoms with Crippen molar-refractivity contribution >= 4 is 11.0 Å². The van der Waals surface area contributed by atoms with Gasteiger partial charge in [0.25, 0.3) is 0 Å². The molecule has 0 fully saturated rings. The Morgan fingerprint density at radius 2 is 1.46 bits per heavy atom. The summed E-state index contributed by atoms with van der Waals surface area (Å²) in [5.74, 6) is 1.45. The van der Waals surface area contributed by atoms with E-state index in [1.165, 1.54) is 27.8 Å². The fourth-order valence-corrected chi connectivity index (χ4v) is 3.88. The van der Waals surface area contributed by atoms with Crippen molar-refractivity contribution in [1.29, 1.82) is 0 Å². The Labute approximate surface area is 170 Å². The molecule has 3 nitrogen and oxygen atoms in total. The first kappa shape index (κ1) is 20.6. The van der Waals surface area contributed by atoms with Crippen LogP contribution in [0.15, 0.2) is 18.2 Å². The van der Waals surface area contributed by atoms with Gasteiger partial charge in [0.2, 0.25) is 0 Å². The van der Waals surface area contributed by atoms with Crippen molar-refractivity contribution in [3.05, 3.63) is 46.3 Å². The Hall–Kier alpha value is -2.16. The van der Waals surface area contributed by atoms with Gasteiger partial charge in [-0.15, -0.1) is 0 Å². The molecular formula is C25H35N3. The second kappa shape index (κ2) is 7.02. The van der Waals surface area contributed by atoms with Gasteiger partial charge in [-0.1, -0.05) is 34.6 Å². The van der Waals surface area contributed by atoms with Gasteiger partial charge < -0.3 is 4.57 Å². The molecule has 0 spiro atoms. The molecule has 3 rings (SSSR count). The van der Waals surface area contributed by atoms with Crippen LogP contribution < -0.4 is 0 Å². The molecule has 0 aliphatic rings. The minimum absolute atomic E-state index is 0.0271. The topological polar surface area (TPSA) is 30.7 Å². The van der Waals surface area contributed by atoms with Crippen LogP contribution in [0.5, 0.6) is 0 Å². The van der Waals surface area contributed by atoms with Crippen LogP contribution in [0.2, 0.25) is 0 Å². The van der Waals surface area contributed by atoms with E-state index in [-0.39, 0.29) is 5.41 Å².